The maximum Gasteiger partial charge on any atom is 0.295 e. The van der Waals surface area contributed by atoms with E-state index in [1.54, 1.807) is 21.1 Å². The van der Waals surface area contributed by atoms with E-state index in [9.17, 15) is 9.59 Å². The number of carbonyl (C=O) groups excluding carboxylic acids is 1. The van der Waals surface area contributed by atoms with E-state index >= 15 is 0 Å². The van der Waals surface area contributed by atoms with Gasteiger partial charge in [0, 0.05) is 25.0 Å². The van der Waals surface area contributed by atoms with Gasteiger partial charge in [0.05, 0.1) is 11.4 Å². The van der Waals surface area contributed by atoms with E-state index in [1.807, 2.05) is 44.3 Å². The van der Waals surface area contributed by atoms with Crippen molar-refractivity contribution < 1.29 is 4.79 Å². The zero-order valence-corrected chi connectivity index (χ0v) is 18.2. The molecule has 0 aliphatic heterocycles. The number of rotatable bonds is 7. The standard InChI is InChI=1S/C23H27N3O2S/c1-16-12-17(2)14-19(13-16)15-29-11-10-21(27)24-22-18(3)25(4)26(23(22)28)20-8-6-5-7-9-20/h5-9,12-14H,10-11,15H2,1-4H3,(H,24,27). The van der Waals surface area contributed by atoms with Gasteiger partial charge < -0.3 is 5.32 Å². The fourth-order valence-corrected chi connectivity index (χ4v) is 4.30. The Morgan fingerprint density at radius 3 is 2.34 bits per heavy atom. The first kappa shape index (κ1) is 21.0. The topological polar surface area (TPSA) is 56.0 Å². The number of thioether (sulfide) groups is 1. The maximum atomic E-state index is 12.8. The number of carbonyl (C=O) groups is 1. The molecule has 1 N–H and O–H groups in total. The van der Waals surface area contributed by atoms with Gasteiger partial charge in [0.2, 0.25) is 5.91 Å². The van der Waals surface area contributed by atoms with Crippen LogP contribution in [0.1, 0.15) is 28.8 Å². The lowest BCUT2D eigenvalue weighted by Crippen LogP contribution is -2.23. The number of amides is 1. The third kappa shape index (κ3) is 5.01. The van der Waals surface area contributed by atoms with E-state index in [-0.39, 0.29) is 11.5 Å². The molecule has 6 heteroatoms. The highest BCUT2D eigenvalue weighted by Gasteiger charge is 2.17. The molecule has 0 aliphatic rings. The van der Waals surface area contributed by atoms with Crippen molar-refractivity contribution in [1.29, 1.82) is 0 Å². The molecule has 3 rings (SSSR count). The number of aromatic nitrogens is 2. The second-order valence-corrected chi connectivity index (χ2v) is 8.39. The summed E-state index contributed by atoms with van der Waals surface area (Å²) >= 11 is 1.73. The number of hydrogen-bond donors (Lipinski definition) is 1. The average Bonchev–Trinajstić information content (AvgIpc) is 2.88. The number of hydrogen-bond acceptors (Lipinski definition) is 3. The van der Waals surface area contributed by atoms with Crippen molar-refractivity contribution in [3.05, 3.63) is 81.3 Å². The first-order valence-corrected chi connectivity index (χ1v) is 10.8. The number of anilines is 1. The van der Waals surface area contributed by atoms with Gasteiger partial charge in [-0.25, -0.2) is 4.68 Å². The van der Waals surface area contributed by atoms with Gasteiger partial charge in [0.15, 0.2) is 0 Å². The first-order chi connectivity index (χ1) is 13.9. The summed E-state index contributed by atoms with van der Waals surface area (Å²) in [5.74, 6) is 1.45. The molecule has 0 radical (unpaired) electrons. The first-order valence-electron chi connectivity index (χ1n) is 9.65. The Morgan fingerprint density at radius 1 is 1.03 bits per heavy atom. The minimum absolute atomic E-state index is 0.135. The fraction of sp³-hybridized carbons (Fsp3) is 0.304. The Kier molecular flexibility index (Phi) is 6.64. The van der Waals surface area contributed by atoms with Crippen LogP contribution in [-0.4, -0.2) is 21.0 Å². The van der Waals surface area contributed by atoms with Crippen molar-refractivity contribution in [3.63, 3.8) is 0 Å². The van der Waals surface area contributed by atoms with Crippen LogP contribution < -0.4 is 10.9 Å². The van der Waals surface area contributed by atoms with E-state index in [0.717, 1.165) is 17.1 Å². The van der Waals surface area contributed by atoms with Gasteiger partial charge in [-0.2, -0.15) is 11.8 Å². The molecule has 1 amide bonds. The van der Waals surface area contributed by atoms with E-state index in [0.29, 0.717) is 17.9 Å². The highest BCUT2D eigenvalue weighted by molar-refractivity contribution is 7.98. The van der Waals surface area contributed by atoms with E-state index in [1.165, 1.54) is 16.7 Å². The highest BCUT2D eigenvalue weighted by Crippen LogP contribution is 2.18. The van der Waals surface area contributed by atoms with Crippen molar-refractivity contribution in [1.82, 2.24) is 9.36 Å². The van der Waals surface area contributed by atoms with Gasteiger partial charge in [0.25, 0.3) is 5.56 Å². The van der Waals surface area contributed by atoms with Crippen LogP contribution in [0.2, 0.25) is 0 Å². The Morgan fingerprint density at radius 2 is 1.69 bits per heavy atom. The number of nitrogens with zero attached hydrogens (tertiary/aromatic N) is 2. The monoisotopic (exact) mass is 409 g/mol. The van der Waals surface area contributed by atoms with E-state index in [4.69, 9.17) is 0 Å². The summed E-state index contributed by atoms with van der Waals surface area (Å²) in [5, 5.41) is 2.82. The average molecular weight is 410 g/mol. The molecular formula is C23H27N3O2S. The van der Waals surface area contributed by atoms with Gasteiger partial charge in [-0.15, -0.1) is 0 Å². The molecule has 0 fully saturated rings. The van der Waals surface area contributed by atoms with Crippen molar-refractivity contribution in [3.8, 4) is 5.69 Å². The molecule has 152 valence electrons. The summed E-state index contributed by atoms with van der Waals surface area (Å²) in [6.45, 7) is 6.03. The molecule has 0 saturated heterocycles. The molecule has 3 aromatic rings. The van der Waals surface area contributed by atoms with Crippen molar-refractivity contribution in [2.24, 2.45) is 7.05 Å². The molecule has 29 heavy (non-hydrogen) atoms. The predicted octanol–water partition coefficient (Wildman–Crippen LogP) is 4.36. The molecule has 1 heterocycles. The van der Waals surface area contributed by atoms with Crippen molar-refractivity contribution >= 4 is 23.4 Å². The van der Waals surface area contributed by atoms with Crippen LogP contribution in [0.15, 0.2) is 53.3 Å². The number of aryl methyl sites for hydroxylation is 2. The zero-order valence-electron chi connectivity index (χ0n) is 17.4. The third-order valence-electron chi connectivity index (χ3n) is 4.84. The molecule has 0 unspecified atom stereocenters. The van der Waals surface area contributed by atoms with Crippen LogP contribution in [0.25, 0.3) is 5.69 Å². The maximum absolute atomic E-state index is 12.8. The van der Waals surface area contributed by atoms with E-state index in [2.05, 4.69) is 37.4 Å². The van der Waals surface area contributed by atoms with Crippen LogP contribution in [0.5, 0.6) is 0 Å². The molecule has 0 aliphatic carbocycles. The Bertz CT molecular complexity index is 1050. The van der Waals surface area contributed by atoms with Crippen molar-refractivity contribution in [2.45, 2.75) is 32.9 Å². The molecule has 0 spiro atoms. The molecule has 5 nitrogen and oxygen atoms in total. The van der Waals surface area contributed by atoms with Crippen molar-refractivity contribution in [2.75, 3.05) is 11.1 Å². The Hall–Kier alpha value is -2.73. The second-order valence-electron chi connectivity index (χ2n) is 7.28. The second kappa shape index (κ2) is 9.18. The van der Waals surface area contributed by atoms with Gasteiger partial charge in [-0.05, 0) is 38.5 Å². The lowest BCUT2D eigenvalue weighted by atomic mass is 10.1. The van der Waals surface area contributed by atoms with Crippen LogP contribution in [-0.2, 0) is 17.6 Å². The van der Waals surface area contributed by atoms with E-state index < -0.39 is 0 Å². The molecular weight excluding hydrogens is 382 g/mol. The highest BCUT2D eigenvalue weighted by atomic mass is 32.2. The molecule has 2 aromatic carbocycles. The minimum Gasteiger partial charge on any atom is -0.320 e. The molecule has 0 bridgehead atoms. The van der Waals surface area contributed by atoms with Crippen LogP contribution >= 0.6 is 11.8 Å². The SMILES string of the molecule is Cc1cc(C)cc(CSCCC(=O)Nc2c(C)n(C)n(-c3ccccc3)c2=O)c1. The summed E-state index contributed by atoms with van der Waals surface area (Å²) in [5.41, 5.74) is 5.42. The zero-order chi connectivity index (χ0) is 21.0. The molecule has 0 atom stereocenters. The Labute approximate surface area is 175 Å². The summed E-state index contributed by atoms with van der Waals surface area (Å²) < 4.78 is 3.34. The summed E-state index contributed by atoms with van der Waals surface area (Å²) in [4.78, 5) is 25.3. The van der Waals surface area contributed by atoms with Gasteiger partial charge in [-0.1, -0.05) is 47.5 Å². The smallest absolute Gasteiger partial charge is 0.295 e. The third-order valence-corrected chi connectivity index (χ3v) is 5.87. The van der Waals surface area contributed by atoms with Gasteiger partial charge in [-0.3, -0.25) is 14.3 Å². The van der Waals surface area contributed by atoms with Crippen LogP contribution in [0.3, 0.4) is 0 Å². The van der Waals surface area contributed by atoms with Crippen LogP contribution in [0, 0.1) is 20.8 Å². The molecule has 1 aromatic heterocycles. The summed E-state index contributed by atoms with van der Waals surface area (Å²) in [6, 6.07) is 15.9. The summed E-state index contributed by atoms with van der Waals surface area (Å²) in [7, 11) is 1.82. The van der Waals surface area contributed by atoms with Gasteiger partial charge in [0.1, 0.15) is 5.69 Å². The fourth-order valence-electron chi connectivity index (χ4n) is 3.42. The van der Waals surface area contributed by atoms with Crippen LogP contribution in [0.4, 0.5) is 5.69 Å². The largest absolute Gasteiger partial charge is 0.320 e. The lowest BCUT2D eigenvalue weighted by Gasteiger charge is -2.07. The number of para-hydroxylation sites is 1. The quantitative estimate of drug-likeness (QED) is 0.590. The minimum atomic E-state index is -0.215. The normalized spacial score (nSPS) is 10.9. The Balaban J connectivity index is 1.60. The number of nitrogens with one attached hydrogen (secondary N) is 1. The van der Waals surface area contributed by atoms with Gasteiger partial charge >= 0.3 is 0 Å². The number of benzene rings is 2. The summed E-state index contributed by atoms with van der Waals surface area (Å²) in [6.07, 6.45) is 0.370. The molecule has 0 saturated carbocycles. The lowest BCUT2D eigenvalue weighted by molar-refractivity contribution is -0.115. The predicted molar refractivity (Wildman–Crippen MR) is 121 cm³/mol.